The molecule has 0 saturated carbocycles. The molecule has 0 spiro atoms. The maximum Gasteiger partial charge on any atom is 0.226 e. The van der Waals surface area contributed by atoms with Crippen molar-refractivity contribution in [2.45, 2.75) is 19.5 Å². The van der Waals surface area contributed by atoms with Crippen molar-refractivity contribution in [1.29, 1.82) is 0 Å². The highest BCUT2D eigenvalue weighted by Crippen LogP contribution is 2.27. The van der Waals surface area contributed by atoms with Gasteiger partial charge in [0.1, 0.15) is 11.5 Å². The number of methoxy groups -OCH3 is 2. The lowest BCUT2D eigenvalue weighted by Gasteiger charge is -2.19. The predicted octanol–water partition coefficient (Wildman–Crippen LogP) is 2.09. The summed E-state index contributed by atoms with van der Waals surface area (Å²) in [4.78, 5) is 12.8. The molecule has 1 aliphatic rings. The van der Waals surface area contributed by atoms with Gasteiger partial charge in [0, 0.05) is 18.7 Å². The van der Waals surface area contributed by atoms with E-state index in [0.717, 1.165) is 22.6 Å². The van der Waals surface area contributed by atoms with E-state index < -0.39 is 0 Å². The molecule has 2 atom stereocenters. The average molecular weight is 355 g/mol. The topological polar surface area (TPSA) is 71.6 Å². The van der Waals surface area contributed by atoms with Gasteiger partial charge in [-0.3, -0.25) is 10.2 Å². The van der Waals surface area contributed by atoms with Crippen LogP contribution in [-0.4, -0.2) is 26.7 Å². The van der Waals surface area contributed by atoms with Crippen molar-refractivity contribution in [3.05, 3.63) is 59.2 Å². The Morgan fingerprint density at radius 3 is 2.77 bits per heavy atom. The fourth-order valence-corrected chi connectivity index (χ4v) is 3.25. The Kier molecular flexibility index (Phi) is 5.75. The van der Waals surface area contributed by atoms with E-state index in [-0.39, 0.29) is 17.9 Å². The van der Waals surface area contributed by atoms with Gasteiger partial charge in [0.05, 0.1) is 26.2 Å². The van der Waals surface area contributed by atoms with E-state index in [2.05, 4.69) is 35.2 Å². The van der Waals surface area contributed by atoms with Crippen molar-refractivity contribution in [2.24, 2.45) is 5.92 Å². The quantitative estimate of drug-likeness (QED) is 0.740. The molecule has 1 amide bonds. The molecule has 1 saturated heterocycles. The van der Waals surface area contributed by atoms with Gasteiger partial charge in [-0.15, -0.1) is 0 Å². The molecule has 1 fully saturated rings. The van der Waals surface area contributed by atoms with E-state index in [9.17, 15) is 4.79 Å². The standard InChI is InChI=1S/C20H25N3O3/c1-13-5-4-6-14(9-13)19-17(12-22-23-19)20(24)21-11-15-10-16(25-2)7-8-18(15)26-3/h4-10,17,19,22-23H,11-12H2,1-3H3,(H,21,24). The number of carbonyl (C=O) groups is 1. The fourth-order valence-electron chi connectivity index (χ4n) is 3.25. The average Bonchev–Trinajstić information content (AvgIpc) is 3.15. The summed E-state index contributed by atoms with van der Waals surface area (Å²) in [5, 5.41) is 3.03. The Morgan fingerprint density at radius 2 is 2.04 bits per heavy atom. The second-order valence-corrected chi connectivity index (χ2v) is 6.42. The molecule has 0 aromatic heterocycles. The first kappa shape index (κ1) is 18.2. The number of rotatable bonds is 6. The highest BCUT2D eigenvalue weighted by Gasteiger charge is 2.33. The van der Waals surface area contributed by atoms with Crippen LogP contribution in [0.5, 0.6) is 11.5 Å². The monoisotopic (exact) mass is 355 g/mol. The van der Waals surface area contributed by atoms with Crippen LogP contribution in [0.2, 0.25) is 0 Å². The number of ether oxygens (including phenoxy) is 2. The van der Waals surface area contributed by atoms with Crippen molar-refractivity contribution >= 4 is 5.91 Å². The molecule has 26 heavy (non-hydrogen) atoms. The van der Waals surface area contributed by atoms with Crippen LogP contribution in [0.4, 0.5) is 0 Å². The van der Waals surface area contributed by atoms with Crippen LogP contribution in [0, 0.1) is 12.8 Å². The van der Waals surface area contributed by atoms with Gasteiger partial charge in [-0.2, -0.15) is 0 Å². The number of carbonyl (C=O) groups excluding carboxylic acids is 1. The Hall–Kier alpha value is -2.57. The second-order valence-electron chi connectivity index (χ2n) is 6.42. The van der Waals surface area contributed by atoms with Crippen LogP contribution in [0.15, 0.2) is 42.5 Å². The van der Waals surface area contributed by atoms with Crippen LogP contribution in [-0.2, 0) is 11.3 Å². The predicted molar refractivity (Wildman–Crippen MR) is 99.9 cm³/mol. The van der Waals surface area contributed by atoms with Crippen LogP contribution in [0.1, 0.15) is 22.7 Å². The molecule has 2 unspecified atom stereocenters. The minimum Gasteiger partial charge on any atom is -0.497 e. The van der Waals surface area contributed by atoms with Crippen LogP contribution < -0.4 is 25.6 Å². The molecule has 2 aromatic rings. The summed E-state index contributed by atoms with van der Waals surface area (Å²) in [7, 11) is 3.23. The molecule has 0 bridgehead atoms. The first-order valence-corrected chi connectivity index (χ1v) is 8.66. The van der Waals surface area contributed by atoms with E-state index in [0.29, 0.717) is 13.1 Å². The zero-order valence-electron chi connectivity index (χ0n) is 15.3. The van der Waals surface area contributed by atoms with Gasteiger partial charge in [0.2, 0.25) is 5.91 Å². The first-order valence-electron chi connectivity index (χ1n) is 8.66. The van der Waals surface area contributed by atoms with Crippen LogP contribution in [0.25, 0.3) is 0 Å². The lowest BCUT2D eigenvalue weighted by atomic mass is 9.93. The minimum atomic E-state index is -0.187. The minimum absolute atomic E-state index is 0.00104. The summed E-state index contributed by atoms with van der Waals surface area (Å²) < 4.78 is 10.6. The molecule has 3 N–H and O–H groups in total. The number of hydrazine groups is 1. The molecule has 0 aliphatic carbocycles. The highest BCUT2D eigenvalue weighted by molar-refractivity contribution is 5.80. The lowest BCUT2D eigenvalue weighted by Crippen LogP contribution is -2.34. The highest BCUT2D eigenvalue weighted by atomic mass is 16.5. The molecule has 0 radical (unpaired) electrons. The van der Waals surface area contributed by atoms with Crippen molar-refractivity contribution in [3.8, 4) is 11.5 Å². The molecule has 1 heterocycles. The van der Waals surface area contributed by atoms with E-state index in [1.54, 1.807) is 14.2 Å². The van der Waals surface area contributed by atoms with Crippen LogP contribution in [0.3, 0.4) is 0 Å². The summed E-state index contributed by atoms with van der Waals surface area (Å²) in [6.45, 7) is 3.02. The number of hydrogen-bond acceptors (Lipinski definition) is 5. The summed E-state index contributed by atoms with van der Waals surface area (Å²) >= 11 is 0. The number of nitrogens with one attached hydrogen (secondary N) is 3. The second kappa shape index (κ2) is 8.21. The van der Waals surface area contributed by atoms with Crippen molar-refractivity contribution in [1.82, 2.24) is 16.2 Å². The molecule has 3 rings (SSSR count). The van der Waals surface area contributed by atoms with E-state index in [1.165, 1.54) is 5.56 Å². The lowest BCUT2D eigenvalue weighted by molar-refractivity contribution is -0.125. The number of aryl methyl sites for hydroxylation is 1. The van der Waals surface area contributed by atoms with Crippen molar-refractivity contribution in [2.75, 3.05) is 20.8 Å². The van der Waals surface area contributed by atoms with Crippen molar-refractivity contribution < 1.29 is 14.3 Å². The first-order chi connectivity index (χ1) is 12.6. The molecule has 6 heteroatoms. The van der Waals surface area contributed by atoms with E-state index in [1.807, 2.05) is 30.3 Å². The normalized spacial score (nSPS) is 19.2. The van der Waals surface area contributed by atoms with Gasteiger partial charge in [-0.05, 0) is 30.7 Å². The largest absolute Gasteiger partial charge is 0.497 e. The fraction of sp³-hybridized carbons (Fsp3) is 0.350. The third kappa shape index (κ3) is 3.98. The maximum atomic E-state index is 12.8. The van der Waals surface area contributed by atoms with Gasteiger partial charge in [0.15, 0.2) is 0 Å². The SMILES string of the molecule is COc1ccc(OC)c(CNC(=O)C2CNNC2c2cccc(C)c2)c1. The van der Waals surface area contributed by atoms with Gasteiger partial charge in [-0.25, -0.2) is 5.43 Å². The molecule has 1 aliphatic heterocycles. The van der Waals surface area contributed by atoms with Gasteiger partial charge in [0.25, 0.3) is 0 Å². The summed E-state index contributed by atoms with van der Waals surface area (Å²) in [6.07, 6.45) is 0. The molecule has 2 aromatic carbocycles. The zero-order chi connectivity index (χ0) is 18.5. The Bertz CT molecular complexity index is 779. The molecular weight excluding hydrogens is 330 g/mol. The Labute approximate surface area is 153 Å². The number of amides is 1. The summed E-state index contributed by atoms with van der Waals surface area (Å²) in [6, 6.07) is 13.7. The van der Waals surface area contributed by atoms with Gasteiger partial charge >= 0.3 is 0 Å². The molecular formula is C20H25N3O3. The third-order valence-electron chi connectivity index (χ3n) is 4.66. The number of hydrogen-bond donors (Lipinski definition) is 3. The Morgan fingerprint density at radius 1 is 1.19 bits per heavy atom. The molecule has 6 nitrogen and oxygen atoms in total. The third-order valence-corrected chi connectivity index (χ3v) is 4.66. The smallest absolute Gasteiger partial charge is 0.226 e. The van der Waals surface area contributed by atoms with E-state index >= 15 is 0 Å². The summed E-state index contributed by atoms with van der Waals surface area (Å²) in [5.41, 5.74) is 9.48. The Balaban J connectivity index is 1.70. The number of benzene rings is 2. The van der Waals surface area contributed by atoms with Gasteiger partial charge < -0.3 is 14.8 Å². The van der Waals surface area contributed by atoms with Crippen LogP contribution >= 0.6 is 0 Å². The maximum absolute atomic E-state index is 12.8. The van der Waals surface area contributed by atoms with Gasteiger partial charge in [-0.1, -0.05) is 29.8 Å². The molecule has 138 valence electrons. The zero-order valence-corrected chi connectivity index (χ0v) is 15.3. The van der Waals surface area contributed by atoms with Crippen molar-refractivity contribution in [3.63, 3.8) is 0 Å². The summed E-state index contributed by atoms with van der Waals surface area (Å²) in [5.74, 6) is 1.27. The van der Waals surface area contributed by atoms with E-state index in [4.69, 9.17) is 9.47 Å².